The Hall–Kier alpha value is -2.20. The molecule has 2 aromatic rings. The number of esters is 1. The first-order valence-electron chi connectivity index (χ1n) is 8.49. The largest absolute Gasteiger partial charge is 0.490 e. The van der Waals surface area contributed by atoms with Gasteiger partial charge in [-0.25, -0.2) is 4.79 Å². The second-order valence-corrected chi connectivity index (χ2v) is 7.22. The van der Waals surface area contributed by atoms with Gasteiger partial charge in [-0.15, -0.1) is 0 Å². The first-order valence-corrected chi connectivity index (χ1v) is 8.87. The zero-order valence-corrected chi connectivity index (χ0v) is 14.9. The highest BCUT2D eigenvalue weighted by atomic mass is 35.5. The number of hydrogen-bond acceptors (Lipinski definition) is 4. The van der Waals surface area contributed by atoms with Crippen molar-refractivity contribution < 1.29 is 14.3 Å². The number of benzene rings is 2. The maximum atomic E-state index is 11.8. The highest BCUT2D eigenvalue weighted by Gasteiger charge is 2.39. The van der Waals surface area contributed by atoms with Crippen LogP contribution in [0.4, 0.5) is 5.69 Å². The van der Waals surface area contributed by atoms with Crippen LogP contribution in [0, 0.1) is 0 Å². The van der Waals surface area contributed by atoms with Crippen LogP contribution in [0.25, 0.3) is 0 Å². The predicted octanol–water partition coefficient (Wildman–Crippen LogP) is 4.21. The second kappa shape index (κ2) is 6.26. The fourth-order valence-electron chi connectivity index (χ4n) is 3.94. The van der Waals surface area contributed by atoms with E-state index in [-0.39, 0.29) is 11.4 Å². The number of fused-ring (bicyclic) bond motifs is 3. The van der Waals surface area contributed by atoms with Crippen LogP contribution >= 0.6 is 11.6 Å². The molecule has 0 fully saturated rings. The Morgan fingerprint density at radius 1 is 1.28 bits per heavy atom. The van der Waals surface area contributed by atoms with E-state index in [9.17, 15) is 4.79 Å². The topological polar surface area (TPSA) is 47.6 Å². The van der Waals surface area contributed by atoms with E-state index in [1.54, 1.807) is 12.1 Å². The van der Waals surface area contributed by atoms with Gasteiger partial charge < -0.3 is 14.8 Å². The molecule has 0 saturated carbocycles. The number of anilines is 1. The Morgan fingerprint density at radius 2 is 2.16 bits per heavy atom. The first-order chi connectivity index (χ1) is 12.1. The number of carbonyl (C=O) groups excluding carboxylic acids is 1. The summed E-state index contributed by atoms with van der Waals surface area (Å²) in [6.45, 7) is 1.37. The predicted molar refractivity (Wildman–Crippen MR) is 97.8 cm³/mol. The Labute approximate surface area is 152 Å². The maximum absolute atomic E-state index is 11.8. The van der Waals surface area contributed by atoms with E-state index in [1.807, 2.05) is 12.1 Å². The molecule has 1 atom stereocenters. The molecular formula is C20H20ClNO3. The zero-order chi connectivity index (χ0) is 17.4. The summed E-state index contributed by atoms with van der Waals surface area (Å²) in [6.07, 6.45) is 3.23. The van der Waals surface area contributed by atoms with Crippen LogP contribution in [-0.4, -0.2) is 26.2 Å². The normalized spacial score (nSPS) is 21.4. The molecule has 0 radical (unpaired) electrons. The summed E-state index contributed by atoms with van der Waals surface area (Å²) in [5.41, 5.74) is 3.90. The summed E-state index contributed by atoms with van der Waals surface area (Å²) in [5, 5.41) is 4.28. The molecule has 0 unspecified atom stereocenters. The van der Waals surface area contributed by atoms with E-state index in [1.165, 1.54) is 18.2 Å². The lowest BCUT2D eigenvalue weighted by Crippen LogP contribution is -2.41. The third-order valence-corrected chi connectivity index (χ3v) is 5.50. The van der Waals surface area contributed by atoms with Crippen LogP contribution < -0.4 is 10.1 Å². The van der Waals surface area contributed by atoms with E-state index >= 15 is 0 Å². The Bertz CT molecular complexity index is 836. The lowest BCUT2D eigenvalue weighted by atomic mass is 9.70. The van der Waals surface area contributed by atoms with Gasteiger partial charge in [0.25, 0.3) is 0 Å². The Kier molecular flexibility index (Phi) is 4.08. The molecule has 1 heterocycles. The number of carbonyl (C=O) groups is 1. The minimum atomic E-state index is -0.346. The fourth-order valence-corrected chi connectivity index (χ4v) is 4.14. The van der Waals surface area contributed by atoms with Gasteiger partial charge in [0.1, 0.15) is 5.75 Å². The van der Waals surface area contributed by atoms with Gasteiger partial charge in [0, 0.05) is 17.0 Å². The van der Waals surface area contributed by atoms with E-state index in [4.69, 9.17) is 21.1 Å². The molecule has 0 amide bonds. The van der Waals surface area contributed by atoms with Gasteiger partial charge in [-0.05, 0) is 60.7 Å². The van der Waals surface area contributed by atoms with E-state index in [0.29, 0.717) is 12.2 Å². The molecule has 130 valence electrons. The van der Waals surface area contributed by atoms with Crippen LogP contribution in [0.3, 0.4) is 0 Å². The average Bonchev–Trinajstić information content (AvgIpc) is 2.81. The number of halogens is 1. The number of methoxy groups -OCH3 is 1. The van der Waals surface area contributed by atoms with E-state index in [2.05, 4.69) is 17.4 Å². The van der Waals surface area contributed by atoms with Crippen LogP contribution in [0.1, 0.15) is 34.3 Å². The highest BCUT2D eigenvalue weighted by Crippen LogP contribution is 2.42. The summed E-state index contributed by atoms with van der Waals surface area (Å²) in [4.78, 5) is 11.8. The van der Waals surface area contributed by atoms with Gasteiger partial charge >= 0.3 is 5.97 Å². The van der Waals surface area contributed by atoms with Crippen molar-refractivity contribution in [1.29, 1.82) is 0 Å². The lowest BCUT2D eigenvalue weighted by Gasteiger charge is -2.37. The second-order valence-electron chi connectivity index (χ2n) is 6.78. The molecule has 0 aromatic heterocycles. The SMILES string of the molecule is COC(=O)c1ccc2c(c1)NC[C@@]1(CCCc3cc(Cl)ccc31)CO2. The summed E-state index contributed by atoms with van der Waals surface area (Å²) in [5.74, 6) is 0.423. The molecule has 1 N–H and O–H groups in total. The summed E-state index contributed by atoms with van der Waals surface area (Å²) in [6, 6.07) is 11.5. The van der Waals surface area contributed by atoms with Crippen LogP contribution in [0.15, 0.2) is 36.4 Å². The molecule has 25 heavy (non-hydrogen) atoms. The molecule has 2 aromatic carbocycles. The van der Waals surface area contributed by atoms with Crippen LogP contribution in [0.2, 0.25) is 5.02 Å². The van der Waals surface area contributed by atoms with E-state index in [0.717, 1.165) is 42.3 Å². The lowest BCUT2D eigenvalue weighted by molar-refractivity contribution is 0.0600. The molecule has 1 aliphatic carbocycles. The average molecular weight is 358 g/mol. The zero-order valence-electron chi connectivity index (χ0n) is 14.1. The van der Waals surface area contributed by atoms with Crippen LogP contribution in [-0.2, 0) is 16.6 Å². The molecule has 4 nitrogen and oxygen atoms in total. The van der Waals surface area contributed by atoms with Crippen molar-refractivity contribution in [2.24, 2.45) is 0 Å². The Morgan fingerprint density at radius 3 is 3.00 bits per heavy atom. The minimum Gasteiger partial charge on any atom is -0.490 e. The van der Waals surface area contributed by atoms with Gasteiger partial charge in [0.15, 0.2) is 0 Å². The Balaban J connectivity index is 1.68. The van der Waals surface area contributed by atoms with Crippen molar-refractivity contribution >= 4 is 23.3 Å². The molecule has 0 bridgehead atoms. The number of ether oxygens (including phenoxy) is 2. The summed E-state index contributed by atoms with van der Waals surface area (Å²) in [7, 11) is 1.39. The molecule has 1 spiro atoms. The monoisotopic (exact) mass is 357 g/mol. The van der Waals surface area contributed by atoms with Crippen molar-refractivity contribution in [3.05, 3.63) is 58.1 Å². The van der Waals surface area contributed by atoms with Crippen molar-refractivity contribution in [3.63, 3.8) is 0 Å². The van der Waals surface area contributed by atoms with Gasteiger partial charge in [0.2, 0.25) is 0 Å². The van der Waals surface area contributed by atoms with Gasteiger partial charge in [0.05, 0.1) is 25.0 Å². The number of hydrogen-bond donors (Lipinski definition) is 1. The highest BCUT2D eigenvalue weighted by molar-refractivity contribution is 6.30. The minimum absolute atomic E-state index is 0.0807. The van der Waals surface area contributed by atoms with Gasteiger partial charge in [-0.2, -0.15) is 0 Å². The number of aryl methyl sites for hydroxylation is 1. The number of rotatable bonds is 1. The summed E-state index contributed by atoms with van der Waals surface area (Å²) >= 11 is 6.18. The van der Waals surface area contributed by atoms with Crippen molar-refractivity contribution in [2.75, 3.05) is 25.6 Å². The number of nitrogens with one attached hydrogen (secondary N) is 1. The standard InChI is InChI=1S/C20H20ClNO3/c1-24-19(23)14-4-7-18-17(10-14)22-11-20(12-25-18)8-2-3-13-9-15(21)5-6-16(13)20/h4-7,9-10,22H,2-3,8,11-12H2,1H3/t20-/m0/s1. The molecule has 2 aliphatic rings. The van der Waals surface area contributed by atoms with Crippen molar-refractivity contribution in [3.8, 4) is 5.75 Å². The molecule has 0 saturated heterocycles. The molecular weight excluding hydrogens is 338 g/mol. The third-order valence-electron chi connectivity index (χ3n) is 5.26. The smallest absolute Gasteiger partial charge is 0.337 e. The first kappa shape index (κ1) is 16.3. The third kappa shape index (κ3) is 2.85. The fraction of sp³-hybridized carbons (Fsp3) is 0.350. The quantitative estimate of drug-likeness (QED) is 0.777. The molecule has 1 aliphatic heterocycles. The van der Waals surface area contributed by atoms with Gasteiger partial charge in [-0.3, -0.25) is 0 Å². The van der Waals surface area contributed by atoms with Crippen molar-refractivity contribution in [2.45, 2.75) is 24.7 Å². The molecule has 4 rings (SSSR count). The van der Waals surface area contributed by atoms with Gasteiger partial charge in [-0.1, -0.05) is 17.7 Å². The van der Waals surface area contributed by atoms with Crippen molar-refractivity contribution in [1.82, 2.24) is 0 Å². The summed E-state index contributed by atoms with van der Waals surface area (Å²) < 4.78 is 11.0. The van der Waals surface area contributed by atoms with E-state index < -0.39 is 0 Å². The molecule has 5 heteroatoms. The maximum Gasteiger partial charge on any atom is 0.337 e. The van der Waals surface area contributed by atoms with Crippen LogP contribution in [0.5, 0.6) is 5.75 Å².